The first-order valence-corrected chi connectivity index (χ1v) is 10.5. The summed E-state index contributed by atoms with van der Waals surface area (Å²) in [6.45, 7) is 3.03. The quantitative estimate of drug-likeness (QED) is 0.448. The Morgan fingerprint density at radius 3 is 2.52 bits per heavy atom. The molecule has 12 heteroatoms. The van der Waals surface area contributed by atoms with Crippen molar-refractivity contribution >= 4 is 38.4 Å². The molecule has 0 saturated heterocycles. The first kappa shape index (κ1) is 22.2. The summed E-state index contributed by atoms with van der Waals surface area (Å²) in [5, 5.41) is 13.5. The number of hydrogen-bond acceptors (Lipinski definition) is 7. The maximum atomic E-state index is 12.6. The number of sulfonamides is 1. The zero-order chi connectivity index (χ0) is 23.1. The smallest absolute Gasteiger partial charge is 0.407 e. The fourth-order valence-electron chi connectivity index (χ4n) is 2.97. The number of fused-ring (bicyclic) bond motifs is 1. The van der Waals surface area contributed by atoms with Gasteiger partial charge in [-0.05, 0) is 43.2 Å². The number of nitrogens with one attached hydrogen (secondary N) is 1. The van der Waals surface area contributed by atoms with Crippen LogP contribution in [0.1, 0.15) is 11.1 Å². The highest BCUT2D eigenvalue weighted by Crippen LogP contribution is 2.26. The van der Waals surface area contributed by atoms with Gasteiger partial charge in [0.05, 0.1) is 21.4 Å². The van der Waals surface area contributed by atoms with E-state index in [-0.39, 0.29) is 21.7 Å². The number of aryl methyl sites for hydroxylation is 1. The fourth-order valence-corrected chi connectivity index (χ4v) is 3.98. The first-order valence-electron chi connectivity index (χ1n) is 9.03. The van der Waals surface area contributed by atoms with Crippen molar-refractivity contribution in [2.24, 2.45) is 0 Å². The summed E-state index contributed by atoms with van der Waals surface area (Å²) in [6, 6.07) is 6.50. The number of carbonyl (C=O) groups is 1. The van der Waals surface area contributed by atoms with Gasteiger partial charge < -0.3 is 9.73 Å². The summed E-state index contributed by atoms with van der Waals surface area (Å²) >= 11 is 0. The van der Waals surface area contributed by atoms with E-state index < -0.39 is 33.2 Å². The van der Waals surface area contributed by atoms with Crippen LogP contribution in [-0.4, -0.2) is 42.2 Å². The largest absolute Gasteiger partial charge is 0.420 e. The fraction of sp³-hybridized carbons (Fsp3) is 0.263. The third-order valence-corrected chi connectivity index (χ3v) is 6.65. The molecule has 2 aromatic carbocycles. The molecule has 1 heterocycles. The molecule has 0 bridgehead atoms. The molecule has 1 amide bonds. The number of rotatable bonds is 6. The molecule has 3 rings (SSSR count). The molecule has 0 aliphatic heterocycles. The molecule has 31 heavy (non-hydrogen) atoms. The van der Waals surface area contributed by atoms with Gasteiger partial charge in [-0.25, -0.2) is 17.5 Å². The van der Waals surface area contributed by atoms with Crippen molar-refractivity contribution < 1.29 is 22.6 Å². The molecule has 3 aromatic rings. The molecule has 11 nitrogen and oxygen atoms in total. The summed E-state index contributed by atoms with van der Waals surface area (Å²) in [4.78, 5) is 35.1. The Morgan fingerprint density at radius 2 is 1.90 bits per heavy atom. The van der Waals surface area contributed by atoms with E-state index in [1.165, 1.54) is 38.4 Å². The molecule has 1 N–H and O–H groups in total. The lowest BCUT2D eigenvalue weighted by Gasteiger charge is -2.16. The molecule has 164 valence electrons. The Morgan fingerprint density at radius 1 is 1.23 bits per heavy atom. The number of nitro benzene ring substituents is 1. The van der Waals surface area contributed by atoms with Crippen LogP contribution in [0.5, 0.6) is 0 Å². The number of non-ortho nitro benzene ring substituents is 1. The van der Waals surface area contributed by atoms with Crippen LogP contribution in [0.2, 0.25) is 0 Å². The number of aromatic nitrogens is 1. The number of nitro groups is 1. The zero-order valence-electron chi connectivity index (χ0n) is 17.2. The SMILES string of the molecule is Cc1cc(S(=O)(=O)N(C)C)cc(NC(=O)Cn2c(=O)oc3cc([N+](=O)[O-])ccc32)c1C. The lowest BCUT2D eigenvalue weighted by Crippen LogP contribution is -2.26. The van der Waals surface area contributed by atoms with Gasteiger partial charge >= 0.3 is 5.76 Å². The van der Waals surface area contributed by atoms with Crippen molar-refractivity contribution in [3.63, 3.8) is 0 Å². The summed E-state index contributed by atoms with van der Waals surface area (Å²) in [6.07, 6.45) is 0. The van der Waals surface area contributed by atoms with E-state index >= 15 is 0 Å². The van der Waals surface area contributed by atoms with Crippen LogP contribution in [0.25, 0.3) is 11.1 Å². The van der Waals surface area contributed by atoms with Gasteiger partial charge in [-0.2, -0.15) is 0 Å². The minimum Gasteiger partial charge on any atom is -0.407 e. The Bertz CT molecular complexity index is 1370. The molecule has 0 atom stereocenters. The summed E-state index contributed by atoms with van der Waals surface area (Å²) < 4.78 is 32.0. The molecule has 0 fully saturated rings. The van der Waals surface area contributed by atoms with Crippen LogP contribution in [0.4, 0.5) is 11.4 Å². The Labute approximate surface area is 177 Å². The lowest BCUT2D eigenvalue weighted by molar-refractivity contribution is -0.384. The van der Waals surface area contributed by atoms with Crippen molar-refractivity contribution in [1.29, 1.82) is 0 Å². The van der Waals surface area contributed by atoms with Gasteiger partial charge in [0, 0.05) is 25.8 Å². The highest BCUT2D eigenvalue weighted by Gasteiger charge is 2.21. The molecule has 0 radical (unpaired) electrons. The van der Waals surface area contributed by atoms with Crippen LogP contribution in [0, 0.1) is 24.0 Å². The van der Waals surface area contributed by atoms with Gasteiger partial charge in [-0.1, -0.05) is 0 Å². The van der Waals surface area contributed by atoms with Crippen LogP contribution in [0.3, 0.4) is 0 Å². The molecular formula is C19H20N4O7S. The first-order chi connectivity index (χ1) is 14.4. The number of benzene rings is 2. The van der Waals surface area contributed by atoms with Crippen molar-refractivity contribution in [2.45, 2.75) is 25.3 Å². The second-order valence-corrected chi connectivity index (χ2v) is 9.26. The molecule has 0 saturated carbocycles. The Hall–Kier alpha value is -3.51. The number of hydrogen-bond donors (Lipinski definition) is 1. The Balaban J connectivity index is 1.93. The standard InChI is InChI=1S/C19H20N4O7S/c1-11-7-14(31(28,29)21(3)4)9-15(12(11)2)20-18(24)10-22-16-6-5-13(23(26)27)8-17(16)30-19(22)25/h5-9H,10H2,1-4H3,(H,20,24). The van der Waals surface area contributed by atoms with Gasteiger partial charge in [-0.15, -0.1) is 0 Å². The predicted octanol–water partition coefficient (Wildman–Crippen LogP) is 2.01. The third kappa shape index (κ3) is 4.20. The monoisotopic (exact) mass is 448 g/mol. The van der Waals surface area contributed by atoms with Crippen LogP contribution in [0.15, 0.2) is 44.4 Å². The van der Waals surface area contributed by atoms with Crippen molar-refractivity contribution in [3.05, 3.63) is 62.1 Å². The molecule has 0 unspecified atom stereocenters. The van der Waals surface area contributed by atoms with E-state index in [0.717, 1.165) is 14.9 Å². The summed E-state index contributed by atoms with van der Waals surface area (Å²) in [5.41, 5.74) is 1.59. The van der Waals surface area contributed by atoms with Gasteiger partial charge in [0.2, 0.25) is 15.9 Å². The maximum Gasteiger partial charge on any atom is 0.420 e. The number of amides is 1. The second-order valence-electron chi connectivity index (χ2n) is 7.11. The summed E-state index contributed by atoms with van der Waals surface area (Å²) in [7, 11) is -0.902. The average molecular weight is 448 g/mol. The minimum atomic E-state index is -3.71. The van der Waals surface area contributed by atoms with Crippen LogP contribution >= 0.6 is 0 Å². The van der Waals surface area contributed by atoms with E-state index in [9.17, 15) is 28.1 Å². The minimum absolute atomic E-state index is 0.0156. The van der Waals surface area contributed by atoms with Gasteiger partial charge in [0.25, 0.3) is 5.69 Å². The van der Waals surface area contributed by atoms with Crippen LogP contribution < -0.4 is 11.1 Å². The highest BCUT2D eigenvalue weighted by atomic mass is 32.2. The molecule has 0 spiro atoms. The molecule has 0 aliphatic rings. The van der Waals surface area contributed by atoms with Crippen LogP contribution in [-0.2, 0) is 21.4 Å². The van der Waals surface area contributed by atoms with Crippen molar-refractivity contribution in [2.75, 3.05) is 19.4 Å². The van der Waals surface area contributed by atoms with E-state index in [1.807, 2.05) is 0 Å². The number of oxazole rings is 1. The zero-order valence-corrected chi connectivity index (χ0v) is 18.0. The molecular weight excluding hydrogens is 428 g/mol. The maximum absolute atomic E-state index is 12.6. The van der Waals surface area contributed by atoms with E-state index in [0.29, 0.717) is 16.8 Å². The van der Waals surface area contributed by atoms with Gasteiger partial charge in [-0.3, -0.25) is 19.5 Å². The topological polar surface area (TPSA) is 145 Å². The highest BCUT2D eigenvalue weighted by molar-refractivity contribution is 7.89. The number of carbonyl (C=O) groups excluding carboxylic acids is 1. The van der Waals surface area contributed by atoms with E-state index in [1.54, 1.807) is 13.8 Å². The normalized spacial score (nSPS) is 11.8. The average Bonchev–Trinajstić information content (AvgIpc) is 2.99. The molecule has 0 aliphatic carbocycles. The van der Waals surface area contributed by atoms with Crippen molar-refractivity contribution in [1.82, 2.24) is 8.87 Å². The van der Waals surface area contributed by atoms with Crippen molar-refractivity contribution in [3.8, 4) is 0 Å². The predicted molar refractivity (Wildman–Crippen MR) is 113 cm³/mol. The van der Waals surface area contributed by atoms with E-state index in [2.05, 4.69) is 5.32 Å². The second kappa shape index (κ2) is 7.96. The lowest BCUT2D eigenvalue weighted by atomic mass is 10.1. The number of anilines is 1. The summed E-state index contributed by atoms with van der Waals surface area (Å²) in [5.74, 6) is -1.44. The van der Waals surface area contributed by atoms with Gasteiger partial charge in [0.1, 0.15) is 6.54 Å². The third-order valence-electron chi connectivity index (χ3n) is 4.86. The molecule has 1 aromatic heterocycles. The Kier molecular flexibility index (Phi) is 5.70. The number of nitrogens with zero attached hydrogens (tertiary/aromatic N) is 3. The van der Waals surface area contributed by atoms with E-state index in [4.69, 9.17) is 4.42 Å². The van der Waals surface area contributed by atoms with Gasteiger partial charge in [0.15, 0.2) is 5.58 Å².